The van der Waals surface area contributed by atoms with Gasteiger partial charge in [0.05, 0.1) is 34.4 Å². The highest BCUT2D eigenvalue weighted by molar-refractivity contribution is 7.47. The zero-order chi connectivity index (χ0) is 42.0. The quantitative estimate of drug-likeness (QED) is 0.0215. The van der Waals surface area contributed by atoms with Crippen LogP contribution in [0.25, 0.3) is 0 Å². The number of likely N-dealkylation sites (N-methyl/N-ethyl adjacent to an activating group) is 1. The number of phosphoric ester groups is 1. The maximum absolute atomic E-state index is 12.7. The van der Waals surface area contributed by atoms with Gasteiger partial charge in [-0.3, -0.25) is 13.8 Å². The van der Waals surface area contributed by atoms with E-state index in [1.165, 1.54) is 135 Å². The number of hydrogen-bond donors (Lipinski definition) is 1. The second-order valence-corrected chi connectivity index (χ2v) is 18.6. The standard InChI is InChI=1S/C48H92NO7P/c1-6-8-10-12-14-16-18-20-21-22-23-24-25-26-27-28-30-32-34-36-38-40-43-53-45-47(46-55-57(51,52)54-44-42-49(3,4)5)56-48(50)41-39-37-35-33-31-29-19-17-15-13-11-9-7-2/h18,20,22-23,25-26,47H,6-17,19,21,24,27-46H2,1-5H3/p+1/b20-18-,23-22-,26-25-. The minimum atomic E-state index is -4.28. The van der Waals surface area contributed by atoms with Crippen molar-refractivity contribution in [1.82, 2.24) is 0 Å². The van der Waals surface area contributed by atoms with E-state index in [1.807, 2.05) is 21.1 Å². The lowest BCUT2D eigenvalue weighted by Crippen LogP contribution is -2.37. The van der Waals surface area contributed by atoms with Crippen LogP contribution < -0.4 is 0 Å². The van der Waals surface area contributed by atoms with E-state index < -0.39 is 13.9 Å². The van der Waals surface area contributed by atoms with Gasteiger partial charge in [-0.25, -0.2) is 4.57 Å². The summed E-state index contributed by atoms with van der Waals surface area (Å²) in [5.74, 6) is -0.316. The van der Waals surface area contributed by atoms with Gasteiger partial charge in [0.1, 0.15) is 19.3 Å². The van der Waals surface area contributed by atoms with E-state index in [2.05, 4.69) is 50.3 Å². The van der Waals surface area contributed by atoms with Gasteiger partial charge in [-0.1, -0.05) is 185 Å². The molecule has 0 saturated carbocycles. The number of nitrogens with zero attached hydrogens (tertiary/aromatic N) is 1. The Bertz CT molecular complexity index is 1010. The van der Waals surface area contributed by atoms with Crippen LogP contribution in [0.4, 0.5) is 0 Å². The van der Waals surface area contributed by atoms with Crippen LogP contribution in [0.3, 0.4) is 0 Å². The highest BCUT2D eigenvalue weighted by Crippen LogP contribution is 2.43. The molecule has 57 heavy (non-hydrogen) atoms. The lowest BCUT2D eigenvalue weighted by atomic mass is 10.0. The van der Waals surface area contributed by atoms with E-state index in [-0.39, 0.29) is 25.8 Å². The van der Waals surface area contributed by atoms with Gasteiger partial charge < -0.3 is 18.9 Å². The number of allylic oxidation sites excluding steroid dienone is 6. The van der Waals surface area contributed by atoms with Gasteiger partial charge in [-0.15, -0.1) is 0 Å². The van der Waals surface area contributed by atoms with Crippen LogP contribution in [0.1, 0.15) is 206 Å². The Morgan fingerprint density at radius 3 is 1.44 bits per heavy atom. The number of quaternary nitrogens is 1. The van der Waals surface area contributed by atoms with Crippen molar-refractivity contribution in [1.29, 1.82) is 0 Å². The first-order valence-corrected chi connectivity index (χ1v) is 25.2. The highest BCUT2D eigenvalue weighted by atomic mass is 31.2. The number of ether oxygens (including phenoxy) is 2. The summed E-state index contributed by atoms with van der Waals surface area (Å²) in [6.45, 7) is 5.61. The Morgan fingerprint density at radius 1 is 0.544 bits per heavy atom. The van der Waals surface area contributed by atoms with Crippen LogP contribution in [0.2, 0.25) is 0 Å². The molecule has 0 aliphatic heterocycles. The minimum Gasteiger partial charge on any atom is -0.457 e. The Hall–Kier alpha value is -1.28. The Kier molecular flexibility index (Phi) is 40.5. The monoisotopic (exact) mass is 827 g/mol. The molecule has 8 nitrogen and oxygen atoms in total. The Balaban J connectivity index is 4.17. The average molecular weight is 827 g/mol. The van der Waals surface area contributed by atoms with Crippen LogP contribution in [0.5, 0.6) is 0 Å². The molecule has 0 bridgehead atoms. The molecule has 0 aliphatic rings. The van der Waals surface area contributed by atoms with Gasteiger partial charge in [0.2, 0.25) is 0 Å². The van der Waals surface area contributed by atoms with Crippen molar-refractivity contribution in [3.8, 4) is 0 Å². The summed E-state index contributed by atoms with van der Waals surface area (Å²) < 4.78 is 35.0. The molecule has 0 radical (unpaired) electrons. The molecule has 2 atom stereocenters. The summed E-state index contributed by atoms with van der Waals surface area (Å²) in [5, 5.41) is 0. The van der Waals surface area contributed by atoms with Crippen LogP contribution >= 0.6 is 7.82 Å². The SMILES string of the molecule is CCCCCCC/C=C\C/C=C\C/C=C\CCCCCCCCCOCC(COP(=O)(O)OCC[N+](C)(C)C)OC(=O)CCCCCCCCCCCCCCC. The van der Waals surface area contributed by atoms with E-state index >= 15 is 0 Å². The highest BCUT2D eigenvalue weighted by Gasteiger charge is 2.26. The number of carbonyl (C=O) groups excluding carboxylic acids is 1. The molecule has 1 N–H and O–H groups in total. The van der Waals surface area contributed by atoms with Crippen LogP contribution in [-0.2, 0) is 27.9 Å². The molecule has 0 aromatic heterocycles. The van der Waals surface area contributed by atoms with Gasteiger partial charge in [0.15, 0.2) is 0 Å². The normalized spacial score (nSPS) is 14.0. The number of carbonyl (C=O) groups is 1. The molecule has 0 heterocycles. The van der Waals surface area contributed by atoms with Crippen LogP contribution in [0.15, 0.2) is 36.5 Å². The zero-order valence-electron chi connectivity index (χ0n) is 38.1. The number of hydrogen-bond acceptors (Lipinski definition) is 6. The molecule has 9 heteroatoms. The fourth-order valence-corrected chi connectivity index (χ4v) is 7.24. The summed E-state index contributed by atoms with van der Waals surface area (Å²) in [5.41, 5.74) is 0. The topological polar surface area (TPSA) is 91.3 Å². The number of rotatable bonds is 44. The molecular weight excluding hydrogens is 734 g/mol. The summed E-state index contributed by atoms with van der Waals surface area (Å²) in [6.07, 6.45) is 48.9. The predicted octanol–water partition coefficient (Wildman–Crippen LogP) is 14.2. The van der Waals surface area contributed by atoms with Gasteiger partial charge in [0.25, 0.3) is 0 Å². The number of unbranched alkanes of at least 4 members (excludes halogenated alkanes) is 24. The zero-order valence-corrected chi connectivity index (χ0v) is 39.0. The van der Waals surface area contributed by atoms with Crippen molar-refractivity contribution in [3.05, 3.63) is 36.5 Å². The molecule has 0 saturated heterocycles. The average Bonchev–Trinajstić information content (AvgIpc) is 3.16. The molecule has 0 spiro atoms. The minimum absolute atomic E-state index is 0.0873. The van der Waals surface area contributed by atoms with E-state index in [0.717, 1.165) is 51.4 Å². The summed E-state index contributed by atoms with van der Waals surface area (Å²) in [6, 6.07) is 0. The summed E-state index contributed by atoms with van der Waals surface area (Å²) >= 11 is 0. The first kappa shape index (κ1) is 55.7. The van der Waals surface area contributed by atoms with Crippen molar-refractivity contribution in [2.75, 3.05) is 54.1 Å². The summed E-state index contributed by atoms with van der Waals surface area (Å²) in [7, 11) is 1.66. The first-order chi connectivity index (χ1) is 27.6. The van der Waals surface area contributed by atoms with Crippen molar-refractivity contribution < 1.29 is 37.3 Å². The van der Waals surface area contributed by atoms with Crippen molar-refractivity contribution in [3.63, 3.8) is 0 Å². The van der Waals surface area contributed by atoms with Crippen LogP contribution in [-0.4, -0.2) is 75.6 Å². The summed E-state index contributed by atoms with van der Waals surface area (Å²) in [4.78, 5) is 22.9. The van der Waals surface area contributed by atoms with Crippen molar-refractivity contribution in [2.24, 2.45) is 0 Å². The molecule has 336 valence electrons. The van der Waals surface area contributed by atoms with Gasteiger partial charge in [0, 0.05) is 13.0 Å². The van der Waals surface area contributed by atoms with Gasteiger partial charge in [-0.2, -0.15) is 0 Å². The molecule has 2 unspecified atom stereocenters. The Morgan fingerprint density at radius 2 is 0.965 bits per heavy atom. The maximum Gasteiger partial charge on any atom is 0.472 e. The lowest BCUT2D eigenvalue weighted by molar-refractivity contribution is -0.870. The lowest BCUT2D eigenvalue weighted by Gasteiger charge is -2.24. The molecule has 0 rings (SSSR count). The van der Waals surface area contributed by atoms with Gasteiger partial charge >= 0.3 is 13.8 Å². The third-order valence-electron chi connectivity index (χ3n) is 10.2. The van der Waals surface area contributed by atoms with E-state index in [4.69, 9.17) is 18.5 Å². The Labute approximate surface area is 353 Å². The van der Waals surface area contributed by atoms with E-state index in [1.54, 1.807) is 0 Å². The molecule has 0 aromatic carbocycles. The molecule has 0 fully saturated rings. The molecule has 0 aliphatic carbocycles. The van der Waals surface area contributed by atoms with Crippen LogP contribution in [0, 0.1) is 0 Å². The van der Waals surface area contributed by atoms with Crippen molar-refractivity contribution >= 4 is 13.8 Å². The fraction of sp³-hybridized carbons (Fsp3) is 0.854. The number of phosphoric acid groups is 1. The van der Waals surface area contributed by atoms with E-state index in [0.29, 0.717) is 24.1 Å². The largest absolute Gasteiger partial charge is 0.472 e. The third-order valence-corrected chi connectivity index (χ3v) is 11.2. The first-order valence-electron chi connectivity index (χ1n) is 23.7. The maximum atomic E-state index is 12.7. The predicted molar refractivity (Wildman–Crippen MR) is 243 cm³/mol. The smallest absolute Gasteiger partial charge is 0.457 e. The fourth-order valence-electron chi connectivity index (χ4n) is 6.50. The second-order valence-electron chi connectivity index (χ2n) is 17.1. The number of esters is 1. The molecule has 0 aromatic rings. The second kappa shape index (κ2) is 41.5. The van der Waals surface area contributed by atoms with Gasteiger partial charge in [-0.05, 0) is 51.4 Å². The van der Waals surface area contributed by atoms with Crippen molar-refractivity contribution in [2.45, 2.75) is 213 Å². The molecular formula is C48H93NO7P+. The molecule has 0 amide bonds. The third kappa shape index (κ3) is 45.7. The van der Waals surface area contributed by atoms with E-state index in [9.17, 15) is 14.3 Å².